The number of anilines is 3. The van der Waals surface area contributed by atoms with E-state index in [0.717, 1.165) is 26.8 Å². The van der Waals surface area contributed by atoms with Gasteiger partial charge < -0.3 is 19.4 Å². The number of nitrogens with one attached hydrogen (secondary N) is 1. The van der Waals surface area contributed by atoms with E-state index in [1.807, 2.05) is 47.3 Å². The normalized spacial score (nSPS) is 13.8. The lowest BCUT2D eigenvalue weighted by Crippen LogP contribution is -2.35. The van der Waals surface area contributed by atoms with Crippen molar-refractivity contribution in [1.82, 2.24) is 24.7 Å². The fraction of sp³-hybridized carbons (Fsp3) is 0.238. The molecule has 1 aliphatic rings. The molecule has 0 spiro atoms. The highest BCUT2D eigenvalue weighted by molar-refractivity contribution is 5.95. The van der Waals surface area contributed by atoms with Crippen molar-refractivity contribution in [2.75, 3.05) is 23.4 Å². The van der Waals surface area contributed by atoms with Crippen LogP contribution in [0.25, 0.3) is 10.9 Å². The summed E-state index contributed by atoms with van der Waals surface area (Å²) in [7, 11) is 1.89. The zero-order valence-corrected chi connectivity index (χ0v) is 16.9. The van der Waals surface area contributed by atoms with Gasteiger partial charge in [0.2, 0.25) is 5.82 Å². The quantitative estimate of drug-likeness (QED) is 0.523. The van der Waals surface area contributed by atoms with Gasteiger partial charge in [0.25, 0.3) is 0 Å². The molecule has 0 amide bonds. The molecule has 32 heavy (non-hydrogen) atoms. The van der Waals surface area contributed by atoms with Crippen LogP contribution in [-0.2, 0) is 19.3 Å². The molecular weight excluding hydrogens is 421 g/mol. The molecule has 5 rings (SSSR count). The van der Waals surface area contributed by atoms with Crippen LogP contribution >= 0.6 is 0 Å². The number of H-pyrrole nitrogens is 1. The molecule has 0 saturated heterocycles. The Morgan fingerprint density at radius 2 is 2.00 bits per heavy atom. The minimum absolute atomic E-state index is 0.132. The van der Waals surface area contributed by atoms with E-state index in [1.165, 1.54) is 0 Å². The zero-order chi connectivity index (χ0) is 22.5. The van der Waals surface area contributed by atoms with Gasteiger partial charge in [0.1, 0.15) is 5.82 Å². The molecule has 4 aromatic rings. The van der Waals surface area contributed by atoms with E-state index >= 15 is 0 Å². The van der Waals surface area contributed by atoms with E-state index in [-0.39, 0.29) is 18.9 Å². The van der Waals surface area contributed by atoms with Gasteiger partial charge in [-0.15, -0.1) is 10.2 Å². The maximum atomic E-state index is 13.0. The lowest BCUT2D eigenvalue weighted by atomic mass is 10.1. The summed E-state index contributed by atoms with van der Waals surface area (Å²) in [6.07, 6.45) is -0.997. The average molecular weight is 438 g/mol. The summed E-state index contributed by atoms with van der Waals surface area (Å²) >= 11 is 0. The van der Waals surface area contributed by atoms with Gasteiger partial charge in [-0.2, -0.15) is 18.4 Å². The number of rotatable bonds is 3. The number of alkyl halides is 3. The molecule has 1 aromatic carbocycles. The Kier molecular flexibility index (Phi) is 4.51. The number of pyridine rings is 1. The first-order valence-electron chi connectivity index (χ1n) is 9.80. The van der Waals surface area contributed by atoms with Crippen LogP contribution in [0.2, 0.25) is 0 Å². The summed E-state index contributed by atoms with van der Waals surface area (Å²) in [5.74, 6) is -0.0648. The third kappa shape index (κ3) is 3.30. The van der Waals surface area contributed by atoms with Crippen LogP contribution in [0.4, 0.5) is 30.4 Å². The number of benzene rings is 1. The summed E-state index contributed by atoms with van der Waals surface area (Å²) in [6.45, 7) is 0.691. The molecule has 162 valence electrons. The summed E-state index contributed by atoms with van der Waals surface area (Å²) in [5.41, 5.74) is 3.08. The largest absolute Gasteiger partial charge is 0.451 e. The third-order valence-corrected chi connectivity index (χ3v) is 5.59. The SMILES string of the molecule is CN(c1ccc(N2CCn3c(nnc3C(F)(F)F)C2)nc1)c1cc(C#N)cc2[nH]ccc12. The van der Waals surface area contributed by atoms with Crippen LogP contribution in [0.1, 0.15) is 17.2 Å². The average Bonchev–Trinajstić information content (AvgIpc) is 3.44. The van der Waals surface area contributed by atoms with E-state index in [0.29, 0.717) is 17.9 Å². The van der Waals surface area contributed by atoms with Crippen molar-refractivity contribution in [2.24, 2.45) is 0 Å². The van der Waals surface area contributed by atoms with Crippen LogP contribution in [-0.4, -0.2) is 38.3 Å². The van der Waals surface area contributed by atoms with Gasteiger partial charge in [0.05, 0.1) is 35.7 Å². The molecule has 0 fully saturated rings. The zero-order valence-electron chi connectivity index (χ0n) is 16.9. The molecule has 0 saturated carbocycles. The fourth-order valence-corrected chi connectivity index (χ4v) is 3.96. The molecule has 8 nitrogen and oxygen atoms in total. The second kappa shape index (κ2) is 7.26. The van der Waals surface area contributed by atoms with Gasteiger partial charge in [-0.3, -0.25) is 0 Å². The first kappa shape index (κ1) is 19.9. The molecular formula is C21H17F3N8. The topological polar surface area (TPSA) is 89.7 Å². The van der Waals surface area contributed by atoms with Crippen LogP contribution in [0, 0.1) is 11.3 Å². The van der Waals surface area contributed by atoms with Crippen molar-refractivity contribution in [3.8, 4) is 6.07 Å². The van der Waals surface area contributed by atoms with Gasteiger partial charge in [0, 0.05) is 37.2 Å². The second-order valence-corrected chi connectivity index (χ2v) is 7.49. The molecule has 11 heteroatoms. The number of halogens is 3. The highest BCUT2D eigenvalue weighted by Gasteiger charge is 2.39. The van der Waals surface area contributed by atoms with E-state index in [2.05, 4.69) is 26.2 Å². The highest BCUT2D eigenvalue weighted by Crippen LogP contribution is 2.33. The van der Waals surface area contributed by atoms with Gasteiger partial charge >= 0.3 is 6.18 Å². The summed E-state index contributed by atoms with van der Waals surface area (Å²) in [4.78, 5) is 11.5. The van der Waals surface area contributed by atoms with E-state index in [4.69, 9.17) is 0 Å². The van der Waals surface area contributed by atoms with E-state index in [1.54, 1.807) is 12.3 Å². The van der Waals surface area contributed by atoms with Crippen molar-refractivity contribution in [1.29, 1.82) is 5.26 Å². The first-order valence-corrected chi connectivity index (χ1v) is 9.80. The predicted octanol–water partition coefficient (Wildman–Crippen LogP) is 3.83. The lowest BCUT2D eigenvalue weighted by Gasteiger charge is -2.29. The molecule has 0 aliphatic carbocycles. The van der Waals surface area contributed by atoms with Crippen LogP contribution in [0.15, 0.2) is 42.7 Å². The molecule has 4 heterocycles. The summed E-state index contributed by atoms with van der Waals surface area (Å²) in [5, 5.41) is 17.3. The molecule has 0 unspecified atom stereocenters. The van der Waals surface area contributed by atoms with Crippen molar-refractivity contribution in [3.05, 3.63) is 59.9 Å². The van der Waals surface area contributed by atoms with Gasteiger partial charge in [-0.25, -0.2) is 4.98 Å². The Morgan fingerprint density at radius 3 is 2.72 bits per heavy atom. The Balaban J connectivity index is 1.39. The summed E-state index contributed by atoms with van der Waals surface area (Å²) in [6, 6.07) is 11.5. The Hall–Kier alpha value is -4.07. The number of aromatic nitrogens is 5. The molecule has 0 radical (unpaired) electrons. The number of hydrogen-bond donors (Lipinski definition) is 1. The van der Waals surface area contributed by atoms with Crippen molar-refractivity contribution in [3.63, 3.8) is 0 Å². The number of hydrogen-bond acceptors (Lipinski definition) is 6. The lowest BCUT2D eigenvalue weighted by molar-refractivity contribution is -0.147. The monoisotopic (exact) mass is 438 g/mol. The number of nitriles is 1. The Labute approximate surface area is 180 Å². The van der Waals surface area contributed by atoms with Gasteiger partial charge in [-0.1, -0.05) is 0 Å². The maximum absolute atomic E-state index is 13.0. The first-order chi connectivity index (χ1) is 15.3. The molecule has 0 atom stereocenters. The van der Waals surface area contributed by atoms with E-state index < -0.39 is 12.0 Å². The summed E-state index contributed by atoms with van der Waals surface area (Å²) < 4.78 is 40.2. The minimum Gasteiger partial charge on any atom is -0.361 e. The standard InChI is InChI=1S/C21H17F3N8/c1-30(17-9-13(10-25)8-16-15(17)4-5-26-16)14-2-3-18(27-11-14)31-6-7-32-19(12-31)28-29-20(32)21(22,23)24/h2-5,8-9,11,26H,6-7,12H2,1H3. The second-order valence-electron chi connectivity index (χ2n) is 7.49. The number of aromatic amines is 1. The Bertz CT molecular complexity index is 1330. The fourth-order valence-electron chi connectivity index (χ4n) is 3.96. The molecule has 1 N–H and O–H groups in total. The van der Waals surface area contributed by atoms with Gasteiger partial charge in [0.15, 0.2) is 5.82 Å². The molecule has 1 aliphatic heterocycles. The van der Waals surface area contributed by atoms with Crippen LogP contribution in [0.3, 0.4) is 0 Å². The van der Waals surface area contributed by atoms with Crippen LogP contribution < -0.4 is 9.80 Å². The van der Waals surface area contributed by atoms with Gasteiger partial charge in [-0.05, 0) is 30.3 Å². The highest BCUT2D eigenvalue weighted by atomic mass is 19.4. The third-order valence-electron chi connectivity index (χ3n) is 5.59. The predicted molar refractivity (Wildman–Crippen MR) is 111 cm³/mol. The van der Waals surface area contributed by atoms with Crippen LogP contribution in [0.5, 0.6) is 0 Å². The Morgan fingerprint density at radius 1 is 1.16 bits per heavy atom. The molecule has 0 bridgehead atoms. The van der Waals surface area contributed by atoms with E-state index in [9.17, 15) is 18.4 Å². The minimum atomic E-state index is -4.52. The molecule has 3 aromatic heterocycles. The van der Waals surface area contributed by atoms with Crippen molar-refractivity contribution < 1.29 is 13.2 Å². The van der Waals surface area contributed by atoms with Crippen molar-refractivity contribution in [2.45, 2.75) is 19.3 Å². The maximum Gasteiger partial charge on any atom is 0.451 e. The smallest absolute Gasteiger partial charge is 0.361 e. The number of fused-ring (bicyclic) bond motifs is 2. The number of nitrogens with zero attached hydrogens (tertiary/aromatic N) is 7. The van der Waals surface area contributed by atoms with Crippen molar-refractivity contribution >= 4 is 28.1 Å².